The molecule has 2 N–H and O–H groups in total. The molecule has 0 bridgehead atoms. The molecule has 0 atom stereocenters. The van der Waals surface area contributed by atoms with Crippen molar-refractivity contribution >= 4 is 34.4 Å². The van der Waals surface area contributed by atoms with Crippen LogP contribution in [-0.4, -0.2) is 21.2 Å². The minimum Gasteiger partial charge on any atom is -0.352 e. The van der Waals surface area contributed by atoms with E-state index in [1.54, 1.807) is 24.3 Å². The Balaban J connectivity index is 1.55. The summed E-state index contributed by atoms with van der Waals surface area (Å²) >= 11 is 0. The Morgan fingerprint density at radius 1 is 0.933 bits per heavy atom. The minimum absolute atomic E-state index is 0.0425. The largest absolute Gasteiger partial charge is 0.352 e. The van der Waals surface area contributed by atoms with Crippen molar-refractivity contribution in [2.45, 2.75) is 20.0 Å². The number of para-hydroxylation sites is 2. The van der Waals surface area contributed by atoms with E-state index >= 15 is 0 Å². The first-order valence-corrected chi connectivity index (χ1v) is 9.74. The van der Waals surface area contributed by atoms with Crippen LogP contribution in [0.25, 0.3) is 11.0 Å². The second-order valence-electron chi connectivity index (χ2n) is 7.03. The van der Waals surface area contributed by atoms with Crippen LogP contribution in [0.3, 0.4) is 0 Å². The van der Waals surface area contributed by atoms with Gasteiger partial charge in [0.2, 0.25) is 11.9 Å². The fourth-order valence-corrected chi connectivity index (χ4v) is 3.31. The van der Waals surface area contributed by atoms with E-state index < -0.39 is 0 Å². The number of amides is 1. The van der Waals surface area contributed by atoms with Crippen LogP contribution >= 0.6 is 0 Å². The van der Waals surface area contributed by atoms with Crippen LogP contribution in [0.2, 0.25) is 0 Å². The number of nitrogens with one attached hydrogen (secondary N) is 2. The summed E-state index contributed by atoms with van der Waals surface area (Å²) in [7, 11) is 0. The zero-order chi connectivity index (χ0) is 20.9. The van der Waals surface area contributed by atoms with Gasteiger partial charge < -0.3 is 15.2 Å². The van der Waals surface area contributed by atoms with Crippen molar-refractivity contribution in [3.8, 4) is 0 Å². The van der Waals surface area contributed by atoms with Gasteiger partial charge in [-0.15, -0.1) is 0 Å². The van der Waals surface area contributed by atoms with Crippen LogP contribution in [0.5, 0.6) is 0 Å². The van der Waals surface area contributed by atoms with Gasteiger partial charge in [0.1, 0.15) is 6.54 Å². The van der Waals surface area contributed by atoms with E-state index in [9.17, 15) is 9.59 Å². The number of imidazole rings is 1. The molecule has 1 heterocycles. The van der Waals surface area contributed by atoms with Gasteiger partial charge in [-0.05, 0) is 36.8 Å². The van der Waals surface area contributed by atoms with Gasteiger partial charge in [-0.2, -0.15) is 0 Å². The molecular formula is C24H22N4O2. The van der Waals surface area contributed by atoms with Crippen molar-refractivity contribution < 1.29 is 9.59 Å². The number of nitrogens with zero attached hydrogens (tertiary/aromatic N) is 2. The Hall–Kier alpha value is -3.93. The fraction of sp³-hybridized carbons (Fsp3) is 0.125. The number of fused-ring (bicyclic) bond motifs is 1. The number of benzene rings is 3. The zero-order valence-corrected chi connectivity index (χ0v) is 16.6. The molecule has 0 radical (unpaired) electrons. The normalized spacial score (nSPS) is 10.7. The van der Waals surface area contributed by atoms with Gasteiger partial charge in [-0.25, -0.2) is 4.98 Å². The van der Waals surface area contributed by atoms with Crippen LogP contribution in [0.15, 0.2) is 78.9 Å². The van der Waals surface area contributed by atoms with Crippen LogP contribution in [0, 0.1) is 0 Å². The Labute approximate surface area is 174 Å². The summed E-state index contributed by atoms with van der Waals surface area (Å²) < 4.78 is 1.86. The third-order valence-corrected chi connectivity index (χ3v) is 4.80. The number of carbonyl (C=O) groups is 2. The maximum atomic E-state index is 12.8. The summed E-state index contributed by atoms with van der Waals surface area (Å²) in [6.45, 7) is 2.21. The number of hydrogen-bond donors (Lipinski definition) is 2. The van der Waals surface area contributed by atoms with E-state index in [1.807, 2.05) is 59.2 Å². The monoisotopic (exact) mass is 398 g/mol. The third kappa shape index (κ3) is 4.38. The van der Waals surface area contributed by atoms with Crippen molar-refractivity contribution in [2.75, 3.05) is 10.6 Å². The first kappa shape index (κ1) is 19.4. The van der Waals surface area contributed by atoms with E-state index in [2.05, 4.69) is 15.6 Å². The zero-order valence-electron chi connectivity index (χ0n) is 16.6. The molecule has 0 aliphatic carbocycles. The number of hydrogen-bond acceptors (Lipinski definition) is 4. The number of rotatable bonds is 7. The highest BCUT2D eigenvalue weighted by atomic mass is 16.2. The van der Waals surface area contributed by atoms with Gasteiger partial charge >= 0.3 is 0 Å². The summed E-state index contributed by atoms with van der Waals surface area (Å²) in [4.78, 5) is 29.0. The Morgan fingerprint density at radius 2 is 1.70 bits per heavy atom. The summed E-state index contributed by atoms with van der Waals surface area (Å²) in [6, 6.07) is 24.7. The van der Waals surface area contributed by atoms with Gasteiger partial charge in [0.15, 0.2) is 5.78 Å². The molecule has 6 nitrogen and oxygen atoms in total. The van der Waals surface area contributed by atoms with Crippen LogP contribution in [0.1, 0.15) is 22.8 Å². The van der Waals surface area contributed by atoms with Gasteiger partial charge in [0.25, 0.3) is 0 Å². The molecule has 1 amide bonds. The minimum atomic E-state index is -0.193. The van der Waals surface area contributed by atoms with Crippen molar-refractivity contribution in [3.63, 3.8) is 0 Å². The molecule has 0 unspecified atom stereocenters. The molecule has 0 spiro atoms. The lowest BCUT2D eigenvalue weighted by atomic mass is 10.1. The summed E-state index contributed by atoms with van der Waals surface area (Å²) in [6.07, 6.45) is 0. The molecule has 0 saturated carbocycles. The lowest BCUT2D eigenvalue weighted by molar-refractivity contribution is -0.116. The number of ketones is 1. The highest BCUT2D eigenvalue weighted by molar-refractivity contribution is 5.97. The molecule has 30 heavy (non-hydrogen) atoms. The molecule has 1 aromatic heterocycles. The Kier molecular flexibility index (Phi) is 5.57. The number of carbonyl (C=O) groups excluding carboxylic acids is 2. The van der Waals surface area contributed by atoms with Crippen LogP contribution in [-0.2, 0) is 17.9 Å². The SMILES string of the molecule is CC(=O)c1cccc(NC(=O)Cn2c(NCc3ccccc3)nc3ccccc32)c1. The predicted molar refractivity (Wildman–Crippen MR) is 119 cm³/mol. The average Bonchev–Trinajstić information content (AvgIpc) is 3.10. The molecule has 0 aliphatic heterocycles. The van der Waals surface area contributed by atoms with Crippen molar-refractivity contribution in [1.29, 1.82) is 0 Å². The lowest BCUT2D eigenvalue weighted by Crippen LogP contribution is -2.20. The van der Waals surface area contributed by atoms with Crippen molar-refractivity contribution in [3.05, 3.63) is 90.0 Å². The summed E-state index contributed by atoms with van der Waals surface area (Å²) in [5.74, 6) is 0.397. The van der Waals surface area contributed by atoms with E-state index in [4.69, 9.17) is 0 Å². The van der Waals surface area contributed by atoms with Crippen molar-refractivity contribution in [2.24, 2.45) is 0 Å². The molecule has 0 fully saturated rings. The molecule has 0 saturated heterocycles. The van der Waals surface area contributed by atoms with Gasteiger partial charge in [0.05, 0.1) is 11.0 Å². The lowest BCUT2D eigenvalue weighted by Gasteiger charge is -2.12. The molecule has 0 aliphatic rings. The molecule has 6 heteroatoms. The van der Waals surface area contributed by atoms with E-state index in [-0.39, 0.29) is 18.2 Å². The first-order chi connectivity index (χ1) is 14.6. The van der Waals surface area contributed by atoms with Gasteiger partial charge in [-0.3, -0.25) is 9.59 Å². The highest BCUT2D eigenvalue weighted by Crippen LogP contribution is 2.21. The van der Waals surface area contributed by atoms with E-state index in [0.717, 1.165) is 16.6 Å². The molecule has 4 aromatic rings. The first-order valence-electron chi connectivity index (χ1n) is 9.74. The molecule has 150 valence electrons. The maximum absolute atomic E-state index is 12.8. The molecule has 3 aromatic carbocycles. The topological polar surface area (TPSA) is 76.0 Å². The highest BCUT2D eigenvalue weighted by Gasteiger charge is 2.14. The Bertz CT molecular complexity index is 1200. The third-order valence-electron chi connectivity index (χ3n) is 4.80. The average molecular weight is 398 g/mol. The number of anilines is 2. The quantitative estimate of drug-likeness (QED) is 0.450. The summed E-state index contributed by atoms with van der Waals surface area (Å²) in [5, 5.41) is 6.21. The van der Waals surface area contributed by atoms with Crippen LogP contribution < -0.4 is 10.6 Å². The van der Waals surface area contributed by atoms with Crippen molar-refractivity contribution in [1.82, 2.24) is 9.55 Å². The van der Waals surface area contributed by atoms with Gasteiger partial charge in [-0.1, -0.05) is 54.6 Å². The predicted octanol–water partition coefficient (Wildman–Crippen LogP) is 4.49. The summed E-state index contributed by atoms with van der Waals surface area (Å²) in [5.41, 5.74) is 3.98. The van der Waals surface area contributed by atoms with E-state index in [0.29, 0.717) is 23.7 Å². The Morgan fingerprint density at radius 3 is 2.50 bits per heavy atom. The number of aromatic nitrogens is 2. The smallest absolute Gasteiger partial charge is 0.244 e. The van der Waals surface area contributed by atoms with Gasteiger partial charge in [0, 0.05) is 17.8 Å². The molecular weight excluding hydrogens is 376 g/mol. The standard InChI is InChI=1S/C24H22N4O2/c1-17(29)19-10-7-11-20(14-19)26-23(30)16-28-22-13-6-5-12-21(22)27-24(28)25-15-18-8-3-2-4-9-18/h2-14H,15-16H2,1H3,(H,25,27)(H,26,30). The number of Topliss-reactive ketones (excluding diaryl/α,β-unsaturated/α-hetero) is 1. The fourth-order valence-electron chi connectivity index (χ4n) is 3.31. The second-order valence-corrected chi connectivity index (χ2v) is 7.03. The maximum Gasteiger partial charge on any atom is 0.244 e. The second kappa shape index (κ2) is 8.61. The molecule has 4 rings (SSSR count). The van der Waals surface area contributed by atoms with E-state index in [1.165, 1.54) is 6.92 Å². The van der Waals surface area contributed by atoms with Crippen LogP contribution in [0.4, 0.5) is 11.6 Å².